The lowest BCUT2D eigenvalue weighted by atomic mass is 10.1. The number of Topliss-reactive ketones (excluding diaryl/α,β-unsaturated/α-hetero) is 1. The first-order valence-corrected chi connectivity index (χ1v) is 3.49. The van der Waals surface area contributed by atoms with Gasteiger partial charge in [0.05, 0.1) is 6.54 Å². The average molecular weight is 180 g/mol. The van der Waals surface area contributed by atoms with Gasteiger partial charge in [0.25, 0.3) is 5.78 Å². The second kappa shape index (κ2) is 3.20. The van der Waals surface area contributed by atoms with E-state index in [1.165, 1.54) is 0 Å². The number of alkyl halides is 3. The maximum absolute atomic E-state index is 11.8. The van der Waals surface area contributed by atoms with Crippen molar-refractivity contribution in [2.24, 2.45) is 10.2 Å². The van der Waals surface area contributed by atoms with Crippen LogP contribution >= 0.6 is 0 Å². The molecule has 1 aliphatic rings. The molecule has 12 heavy (non-hydrogen) atoms. The zero-order chi connectivity index (χ0) is 9.19. The molecule has 1 aliphatic heterocycles. The van der Waals surface area contributed by atoms with Crippen molar-refractivity contribution < 1.29 is 18.0 Å². The molecule has 1 atom stereocenters. The van der Waals surface area contributed by atoms with E-state index in [9.17, 15) is 18.0 Å². The number of azo groups is 1. The van der Waals surface area contributed by atoms with Crippen molar-refractivity contribution in [2.75, 3.05) is 6.54 Å². The first kappa shape index (κ1) is 9.15. The minimum atomic E-state index is -4.78. The van der Waals surface area contributed by atoms with Crippen LogP contribution in [0.4, 0.5) is 13.2 Å². The summed E-state index contributed by atoms with van der Waals surface area (Å²) in [4.78, 5) is 10.5. The second-order valence-corrected chi connectivity index (χ2v) is 2.50. The summed E-state index contributed by atoms with van der Waals surface area (Å²) in [6.07, 6.45) is -4.13. The second-order valence-electron chi connectivity index (χ2n) is 2.50. The molecule has 0 spiro atoms. The summed E-state index contributed by atoms with van der Waals surface area (Å²) in [5.41, 5.74) is 0. The van der Waals surface area contributed by atoms with Crippen LogP contribution < -0.4 is 0 Å². The van der Waals surface area contributed by atoms with Gasteiger partial charge in [-0.15, -0.1) is 0 Å². The fourth-order valence-electron chi connectivity index (χ4n) is 0.942. The summed E-state index contributed by atoms with van der Waals surface area (Å²) in [7, 11) is 0. The Bertz CT molecular complexity index is 211. The highest BCUT2D eigenvalue weighted by atomic mass is 19.4. The van der Waals surface area contributed by atoms with Crippen molar-refractivity contribution in [3.8, 4) is 0 Å². The number of hydrogen-bond acceptors (Lipinski definition) is 3. The molecule has 0 saturated carbocycles. The molecule has 0 bridgehead atoms. The molecule has 0 aromatic rings. The number of halogens is 3. The molecule has 0 fully saturated rings. The van der Waals surface area contributed by atoms with Crippen LogP contribution in [0.1, 0.15) is 12.8 Å². The smallest absolute Gasteiger partial charge is 0.287 e. The molecule has 1 rings (SSSR count). The number of rotatable bonds is 1. The summed E-state index contributed by atoms with van der Waals surface area (Å²) in [5, 5.41) is 6.65. The Labute approximate surface area is 66.7 Å². The Kier molecular flexibility index (Phi) is 2.44. The lowest BCUT2D eigenvalue weighted by Crippen LogP contribution is -2.34. The van der Waals surface area contributed by atoms with E-state index in [1.54, 1.807) is 0 Å². The van der Waals surface area contributed by atoms with Gasteiger partial charge in [0.2, 0.25) is 0 Å². The van der Waals surface area contributed by atoms with Crippen LogP contribution in [0.25, 0.3) is 0 Å². The van der Waals surface area contributed by atoms with E-state index in [-0.39, 0.29) is 6.42 Å². The molecule has 0 amide bonds. The number of ketones is 1. The Morgan fingerprint density at radius 2 is 2.08 bits per heavy atom. The molecule has 0 aliphatic carbocycles. The van der Waals surface area contributed by atoms with Crippen molar-refractivity contribution >= 4 is 5.78 Å². The van der Waals surface area contributed by atoms with Crippen LogP contribution in [0.15, 0.2) is 10.2 Å². The molecular weight excluding hydrogens is 173 g/mol. The first-order chi connectivity index (χ1) is 5.52. The van der Waals surface area contributed by atoms with Crippen LogP contribution in [0.3, 0.4) is 0 Å². The van der Waals surface area contributed by atoms with E-state index >= 15 is 0 Å². The monoisotopic (exact) mass is 180 g/mol. The van der Waals surface area contributed by atoms with Crippen molar-refractivity contribution in [1.82, 2.24) is 0 Å². The van der Waals surface area contributed by atoms with E-state index in [0.717, 1.165) is 0 Å². The lowest BCUT2D eigenvalue weighted by molar-refractivity contribution is -0.172. The summed E-state index contributed by atoms with van der Waals surface area (Å²) in [6, 6.07) is -1.29. The van der Waals surface area contributed by atoms with Crippen LogP contribution in [-0.2, 0) is 4.79 Å². The van der Waals surface area contributed by atoms with Crippen LogP contribution in [0, 0.1) is 0 Å². The molecule has 1 unspecified atom stereocenters. The minimum Gasteiger partial charge on any atom is -0.287 e. The number of carbonyl (C=O) groups excluding carboxylic acids is 1. The van der Waals surface area contributed by atoms with Crippen molar-refractivity contribution in [3.63, 3.8) is 0 Å². The normalized spacial score (nSPS) is 24.1. The fraction of sp³-hybridized carbons (Fsp3) is 0.833. The maximum atomic E-state index is 11.8. The molecular formula is C6H7F3N2O. The van der Waals surface area contributed by atoms with Gasteiger partial charge in [-0.3, -0.25) is 4.79 Å². The van der Waals surface area contributed by atoms with Gasteiger partial charge < -0.3 is 0 Å². The molecule has 0 aromatic heterocycles. The number of carbonyl (C=O) groups is 1. The third-order valence-electron chi connectivity index (χ3n) is 1.54. The Morgan fingerprint density at radius 3 is 2.50 bits per heavy atom. The van der Waals surface area contributed by atoms with Crippen molar-refractivity contribution in [2.45, 2.75) is 25.1 Å². The SMILES string of the molecule is O=C(C1CCCN=N1)C(F)(F)F. The van der Waals surface area contributed by atoms with E-state index in [4.69, 9.17) is 0 Å². The van der Waals surface area contributed by atoms with E-state index < -0.39 is 18.0 Å². The lowest BCUT2D eigenvalue weighted by Gasteiger charge is -2.14. The van der Waals surface area contributed by atoms with Gasteiger partial charge in [-0.2, -0.15) is 23.4 Å². The quantitative estimate of drug-likeness (QED) is 0.605. The highest BCUT2D eigenvalue weighted by Gasteiger charge is 2.43. The summed E-state index contributed by atoms with van der Waals surface area (Å²) < 4.78 is 35.3. The van der Waals surface area contributed by atoms with Crippen molar-refractivity contribution in [1.29, 1.82) is 0 Å². The predicted molar refractivity (Wildman–Crippen MR) is 33.8 cm³/mol. The molecule has 3 nitrogen and oxygen atoms in total. The molecule has 1 heterocycles. The molecule has 0 saturated heterocycles. The van der Waals surface area contributed by atoms with E-state index in [0.29, 0.717) is 13.0 Å². The zero-order valence-electron chi connectivity index (χ0n) is 6.14. The third kappa shape index (κ3) is 2.02. The molecule has 68 valence electrons. The number of nitrogens with zero attached hydrogens (tertiary/aromatic N) is 2. The van der Waals surface area contributed by atoms with Gasteiger partial charge in [-0.1, -0.05) is 0 Å². The number of hydrogen-bond donors (Lipinski definition) is 0. The van der Waals surface area contributed by atoms with Gasteiger partial charge in [-0.25, -0.2) is 0 Å². The maximum Gasteiger partial charge on any atom is 0.452 e. The van der Waals surface area contributed by atoms with Gasteiger partial charge in [0.15, 0.2) is 0 Å². The summed E-state index contributed by atoms with van der Waals surface area (Å²) in [6.45, 7) is 0.418. The topological polar surface area (TPSA) is 41.8 Å². The minimum absolute atomic E-state index is 0.155. The van der Waals surface area contributed by atoms with Gasteiger partial charge in [-0.05, 0) is 12.8 Å². The van der Waals surface area contributed by atoms with Crippen LogP contribution in [0.2, 0.25) is 0 Å². The average Bonchev–Trinajstić information content (AvgIpc) is 2.03. The van der Waals surface area contributed by atoms with E-state index in [1.807, 2.05) is 0 Å². The Balaban J connectivity index is 2.64. The molecule has 6 heteroatoms. The fourth-order valence-corrected chi connectivity index (χ4v) is 0.942. The van der Waals surface area contributed by atoms with Gasteiger partial charge >= 0.3 is 6.18 Å². The summed E-state index contributed by atoms with van der Waals surface area (Å²) in [5.74, 6) is -1.79. The molecule has 0 aromatic carbocycles. The van der Waals surface area contributed by atoms with Crippen LogP contribution in [0.5, 0.6) is 0 Å². The summed E-state index contributed by atoms with van der Waals surface area (Å²) >= 11 is 0. The Morgan fingerprint density at radius 1 is 1.42 bits per heavy atom. The van der Waals surface area contributed by atoms with Crippen LogP contribution in [-0.4, -0.2) is 24.5 Å². The van der Waals surface area contributed by atoms with Gasteiger partial charge in [0, 0.05) is 0 Å². The molecule has 0 radical (unpaired) electrons. The predicted octanol–water partition coefficient (Wildman–Crippen LogP) is 1.73. The standard InChI is InChI=1S/C6H7F3N2O/c7-6(8,9)5(12)4-2-1-3-10-11-4/h4H,1-3H2. The largest absolute Gasteiger partial charge is 0.452 e. The van der Waals surface area contributed by atoms with E-state index in [2.05, 4.69) is 10.2 Å². The highest BCUT2D eigenvalue weighted by molar-refractivity contribution is 5.89. The van der Waals surface area contributed by atoms with Crippen molar-refractivity contribution in [3.05, 3.63) is 0 Å². The van der Waals surface area contributed by atoms with Gasteiger partial charge in [0.1, 0.15) is 6.04 Å². The Hall–Kier alpha value is -0.940. The first-order valence-electron chi connectivity index (χ1n) is 3.49. The highest BCUT2D eigenvalue weighted by Crippen LogP contribution is 2.23. The molecule has 0 N–H and O–H groups in total. The zero-order valence-corrected chi connectivity index (χ0v) is 6.14. The third-order valence-corrected chi connectivity index (χ3v) is 1.54.